The van der Waals surface area contributed by atoms with E-state index in [0.29, 0.717) is 16.6 Å². The van der Waals surface area contributed by atoms with Gasteiger partial charge in [-0.3, -0.25) is 14.7 Å². The molecule has 0 radical (unpaired) electrons. The lowest BCUT2D eigenvalue weighted by atomic mass is 10.2. The number of anilines is 1. The maximum absolute atomic E-state index is 12.1. The van der Waals surface area contributed by atoms with E-state index >= 15 is 0 Å². The molecule has 0 spiro atoms. The number of nitrogens with two attached hydrogens (primary N) is 1. The number of nitrogens with zero attached hydrogens (tertiary/aromatic N) is 2. The molecule has 3 rings (SSSR count). The zero-order chi connectivity index (χ0) is 12.0. The summed E-state index contributed by atoms with van der Waals surface area (Å²) in [5, 5.41) is 9.83. The van der Waals surface area contributed by atoms with Crippen LogP contribution in [0, 0.1) is 0 Å². The highest BCUT2D eigenvalue weighted by molar-refractivity contribution is 5.87. The van der Waals surface area contributed by atoms with Crippen molar-refractivity contribution in [3.8, 4) is 0 Å². The Bertz CT molecular complexity index is 849. The van der Waals surface area contributed by atoms with Gasteiger partial charge in [0.1, 0.15) is 5.52 Å². The lowest BCUT2D eigenvalue weighted by Crippen LogP contribution is -2.02. The summed E-state index contributed by atoms with van der Waals surface area (Å²) < 4.78 is 0. The fraction of sp³-hybridized carbons (Fsp3) is 0. The van der Waals surface area contributed by atoms with Gasteiger partial charge in [0.05, 0.1) is 5.52 Å². The van der Waals surface area contributed by atoms with Crippen LogP contribution in [-0.4, -0.2) is 20.4 Å². The van der Waals surface area contributed by atoms with Gasteiger partial charge in [-0.05, 0) is 18.2 Å². The van der Waals surface area contributed by atoms with Crippen LogP contribution in [0.3, 0.4) is 0 Å². The van der Waals surface area contributed by atoms with Crippen LogP contribution in [0.25, 0.3) is 21.9 Å². The molecule has 0 aliphatic heterocycles. The standard InChI is InChI=1S/C10H7N5O2/c11-4-1-2-5-6(3-4)12-10(17)8-7(9(5)16)13-15-14-8/h1-3H,11H2,(H,12,17)(H,13,14,15). The van der Waals surface area contributed by atoms with Gasteiger partial charge in [0.25, 0.3) is 5.56 Å². The Morgan fingerprint density at radius 2 is 2.06 bits per heavy atom. The number of aromatic nitrogens is 4. The molecular weight excluding hydrogens is 222 g/mol. The minimum absolute atomic E-state index is 0.00947. The van der Waals surface area contributed by atoms with E-state index < -0.39 is 5.56 Å². The van der Waals surface area contributed by atoms with Crippen LogP contribution in [-0.2, 0) is 0 Å². The van der Waals surface area contributed by atoms with Gasteiger partial charge in [-0.2, -0.15) is 0 Å². The van der Waals surface area contributed by atoms with Gasteiger partial charge >= 0.3 is 0 Å². The Labute approximate surface area is 93.3 Å². The number of hydrogen-bond donors (Lipinski definition) is 3. The first-order valence-corrected chi connectivity index (χ1v) is 4.83. The molecule has 7 nitrogen and oxygen atoms in total. The summed E-state index contributed by atoms with van der Waals surface area (Å²) in [4.78, 5) is 26.4. The number of aromatic amines is 2. The Morgan fingerprint density at radius 1 is 1.24 bits per heavy atom. The molecule has 1 aromatic carbocycles. The number of nitrogen functional groups attached to an aromatic ring is 1. The van der Waals surface area contributed by atoms with Crippen molar-refractivity contribution >= 4 is 27.6 Å². The molecule has 4 N–H and O–H groups in total. The second-order valence-corrected chi connectivity index (χ2v) is 3.62. The third kappa shape index (κ3) is 1.29. The van der Waals surface area contributed by atoms with E-state index in [1.165, 1.54) is 6.07 Å². The van der Waals surface area contributed by atoms with Crippen molar-refractivity contribution in [3.63, 3.8) is 0 Å². The minimum atomic E-state index is -0.480. The number of hydrogen-bond acceptors (Lipinski definition) is 5. The van der Waals surface area contributed by atoms with E-state index in [-0.39, 0.29) is 16.5 Å². The highest BCUT2D eigenvalue weighted by atomic mass is 16.1. The van der Waals surface area contributed by atoms with Gasteiger partial charge in [-0.15, -0.1) is 5.10 Å². The van der Waals surface area contributed by atoms with E-state index in [1.54, 1.807) is 12.1 Å². The van der Waals surface area contributed by atoms with E-state index in [1.807, 2.05) is 0 Å². The van der Waals surface area contributed by atoms with E-state index in [9.17, 15) is 9.59 Å². The molecule has 0 atom stereocenters. The molecule has 0 amide bonds. The van der Waals surface area contributed by atoms with Crippen LogP contribution < -0.4 is 16.7 Å². The van der Waals surface area contributed by atoms with E-state index in [2.05, 4.69) is 20.4 Å². The van der Waals surface area contributed by atoms with Crippen molar-refractivity contribution < 1.29 is 0 Å². The molecule has 0 saturated heterocycles. The third-order valence-corrected chi connectivity index (χ3v) is 2.53. The number of fused-ring (bicyclic) bond motifs is 2. The first-order chi connectivity index (χ1) is 8.16. The number of benzene rings is 1. The molecule has 0 saturated carbocycles. The molecule has 3 aromatic rings. The fourth-order valence-corrected chi connectivity index (χ4v) is 1.72. The summed E-state index contributed by atoms with van der Waals surface area (Å²) in [6, 6.07) is 4.69. The normalized spacial score (nSPS) is 11.1. The second kappa shape index (κ2) is 3.14. The van der Waals surface area contributed by atoms with E-state index in [4.69, 9.17) is 5.73 Å². The molecule has 0 fully saturated rings. The average molecular weight is 229 g/mol. The van der Waals surface area contributed by atoms with Gasteiger partial charge in [0, 0.05) is 11.1 Å². The minimum Gasteiger partial charge on any atom is -0.399 e. The van der Waals surface area contributed by atoms with Gasteiger partial charge < -0.3 is 10.7 Å². The zero-order valence-electron chi connectivity index (χ0n) is 8.52. The van der Waals surface area contributed by atoms with Crippen molar-refractivity contribution in [1.82, 2.24) is 20.4 Å². The summed E-state index contributed by atoms with van der Waals surface area (Å²) in [6.07, 6.45) is 0. The Hall–Kier alpha value is -2.70. The van der Waals surface area contributed by atoms with Gasteiger partial charge in [0.2, 0.25) is 5.43 Å². The fourth-order valence-electron chi connectivity index (χ4n) is 1.72. The maximum atomic E-state index is 12.1. The highest BCUT2D eigenvalue weighted by Crippen LogP contribution is 2.11. The molecule has 2 aromatic heterocycles. The quantitative estimate of drug-likeness (QED) is 0.459. The Kier molecular flexibility index (Phi) is 1.76. The lowest BCUT2D eigenvalue weighted by Gasteiger charge is -1.93. The average Bonchev–Trinajstić information content (AvgIpc) is 2.74. The van der Waals surface area contributed by atoms with Crippen molar-refractivity contribution in [2.24, 2.45) is 0 Å². The number of rotatable bonds is 0. The Balaban J connectivity index is 2.74. The van der Waals surface area contributed by atoms with Gasteiger partial charge in [-0.1, -0.05) is 5.21 Å². The first-order valence-electron chi connectivity index (χ1n) is 4.83. The van der Waals surface area contributed by atoms with Crippen molar-refractivity contribution in [2.45, 2.75) is 0 Å². The summed E-state index contributed by atoms with van der Waals surface area (Å²) in [6.45, 7) is 0. The zero-order valence-corrected chi connectivity index (χ0v) is 8.52. The van der Waals surface area contributed by atoms with Crippen LogP contribution in [0.1, 0.15) is 0 Å². The van der Waals surface area contributed by atoms with Crippen molar-refractivity contribution in [3.05, 3.63) is 38.8 Å². The molecular formula is C10H7N5O2. The van der Waals surface area contributed by atoms with Crippen molar-refractivity contribution in [2.75, 3.05) is 5.73 Å². The SMILES string of the molecule is Nc1ccc2c(=O)c3[nH]nnc3c(=O)[nH]c2c1. The summed E-state index contributed by atoms with van der Waals surface area (Å²) in [5.74, 6) is 0. The monoisotopic (exact) mass is 229 g/mol. The van der Waals surface area contributed by atoms with Gasteiger partial charge in [0.15, 0.2) is 5.52 Å². The van der Waals surface area contributed by atoms with Crippen LogP contribution in [0.15, 0.2) is 27.8 Å². The molecule has 17 heavy (non-hydrogen) atoms. The van der Waals surface area contributed by atoms with Crippen LogP contribution in [0.5, 0.6) is 0 Å². The van der Waals surface area contributed by atoms with Crippen LogP contribution >= 0.6 is 0 Å². The second-order valence-electron chi connectivity index (χ2n) is 3.62. The molecule has 7 heteroatoms. The third-order valence-electron chi connectivity index (χ3n) is 2.53. The van der Waals surface area contributed by atoms with Gasteiger partial charge in [-0.25, -0.2) is 0 Å². The largest absolute Gasteiger partial charge is 0.399 e. The summed E-state index contributed by atoms with van der Waals surface area (Å²) >= 11 is 0. The molecule has 2 heterocycles. The predicted octanol–water partition coefficient (Wildman–Crippen LogP) is -0.258. The predicted molar refractivity (Wildman–Crippen MR) is 62.7 cm³/mol. The maximum Gasteiger partial charge on any atom is 0.278 e. The smallest absolute Gasteiger partial charge is 0.278 e. The number of H-pyrrole nitrogens is 2. The number of nitrogens with one attached hydrogen (secondary N) is 2. The molecule has 0 aliphatic rings. The van der Waals surface area contributed by atoms with Crippen molar-refractivity contribution in [1.29, 1.82) is 0 Å². The summed E-state index contributed by atoms with van der Waals surface area (Å²) in [5.41, 5.74) is 5.72. The highest BCUT2D eigenvalue weighted by Gasteiger charge is 2.08. The topological polar surface area (TPSA) is 118 Å². The first kappa shape index (κ1) is 9.52. The summed E-state index contributed by atoms with van der Waals surface area (Å²) in [7, 11) is 0. The lowest BCUT2D eigenvalue weighted by molar-refractivity contribution is 0.955. The van der Waals surface area contributed by atoms with Crippen LogP contribution in [0.2, 0.25) is 0 Å². The molecule has 0 unspecified atom stereocenters. The Morgan fingerprint density at radius 3 is 2.88 bits per heavy atom. The molecule has 0 aliphatic carbocycles. The van der Waals surface area contributed by atoms with Crippen LogP contribution in [0.4, 0.5) is 5.69 Å². The molecule has 84 valence electrons. The molecule has 0 bridgehead atoms. The van der Waals surface area contributed by atoms with E-state index in [0.717, 1.165) is 0 Å².